The molecule has 2 heterocycles. The van der Waals surface area contributed by atoms with Crippen LogP contribution < -0.4 is 10.1 Å². The zero-order valence-electron chi connectivity index (χ0n) is 10.7. The molecule has 2 rings (SSSR count). The maximum Gasteiger partial charge on any atom is 0.221 e. The molecule has 0 aliphatic carbocycles. The molecule has 0 radical (unpaired) electrons. The monoisotopic (exact) mass is 248 g/mol. The molecule has 2 aromatic heterocycles. The van der Waals surface area contributed by atoms with E-state index in [1.165, 1.54) is 6.33 Å². The van der Waals surface area contributed by atoms with Crippen molar-refractivity contribution in [3.05, 3.63) is 24.0 Å². The number of ether oxygens (including phenoxy) is 1. The Kier molecular flexibility index (Phi) is 3.71. The lowest BCUT2D eigenvalue weighted by Crippen LogP contribution is -2.09. The molecule has 0 saturated heterocycles. The fourth-order valence-corrected chi connectivity index (χ4v) is 1.61. The van der Waals surface area contributed by atoms with E-state index in [4.69, 9.17) is 4.74 Å². The van der Waals surface area contributed by atoms with Crippen LogP contribution in [0.3, 0.4) is 0 Å². The van der Waals surface area contributed by atoms with Crippen molar-refractivity contribution in [1.82, 2.24) is 24.7 Å². The number of aromatic nitrogens is 5. The largest absolute Gasteiger partial charge is 0.481 e. The third-order valence-electron chi connectivity index (χ3n) is 2.52. The van der Waals surface area contributed by atoms with E-state index in [1.54, 1.807) is 18.1 Å². The van der Waals surface area contributed by atoms with Gasteiger partial charge in [-0.05, 0) is 6.92 Å². The smallest absolute Gasteiger partial charge is 0.221 e. The van der Waals surface area contributed by atoms with Crippen molar-refractivity contribution in [2.24, 2.45) is 7.05 Å². The van der Waals surface area contributed by atoms with Crippen molar-refractivity contribution in [2.45, 2.75) is 13.3 Å². The Balaban J connectivity index is 1.94. The maximum atomic E-state index is 5.13. The first-order chi connectivity index (χ1) is 8.70. The molecule has 7 heteroatoms. The summed E-state index contributed by atoms with van der Waals surface area (Å²) < 4.78 is 6.82. The molecule has 0 aliphatic heterocycles. The zero-order chi connectivity index (χ0) is 13.0. The number of methoxy groups -OCH3 is 1. The van der Waals surface area contributed by atoms with Crippen molar-refractivity contribution in [3.63, 3.8) is 0 Å². The van der Waals surface area contributed by atoms with E-state index in [9.17, 15) is 0 Å². The van der Waals surface area contributed by atoms with Crippen LogP contribution in [0.5, 0.6) is 5.88 Å². The minimum Gasteiger partial charge on any atom is -0.481 e. The van der Waals surface area contributed by atoms with Crippen LogP contribution in [0.1, 0.15) is 11.4 Å². The molecule has 0 fully saturated rings. The summed E-state index contributed by atoms with van der Waals surface area (Å²) in [4.78, 5) is 12.4. The van der Waals surface area contributed by atoms with Gasteiger partial charge in [0.15, 0.2) is 5.82 Å². The van der Waals surface area contributed by atoms with Gasteiger partial charge >= 0.3 is 0 Å². The molecule has 0 unspecified atom stereocenters. The average molecular weight is 248 g/mol. The lowest BCUT2D eigenvalue weighted by molar-refractivity contribution is 0.393. The van der Waals surface area contributed by atoms with Gasteiger partial charge in [0.2, 0.25) is 5.88 Å². The van der Waals surface area contributed by atoms with Crippen LogP contribution >= 0.6 is 0 Å². The number of anilines is 1. The first-order valence-electron chi connectivity index (χ1n) is 5.64. The molecular formula is C11H16N6O. The fraction of sp³-hybridized carbons (Fsp3) is 0.455. The summed E-state index contributed by atoms with van der Waals surface area (Å²) in [5.41, 5.74) is 0.897. The van der Waals surface area contributed by atoms with E-state index >= 15 is 0 Å². The van der Waals surface area contributed by atoms with Gasteiger partial charge in [-0.3, -0.25) is 4.68 Å². The van der Waals surface area contributed by atoms with Crippen molar-refractivity contribution in [1.29, 1.82) is 0 Å². The number of nitrogens with zero attached hydrogens (tertiary/aromatic N) is 5. The van der Waals surface area contributed by atoms with Crippen molar-refractivity contribution < 1.29 is 4.74 Å². The van der Waals surface area contributed by atoms with Gasteiger partial charge in [0, 0.05) is 20.0 Å². The molecular weight excluding hydrogens is 232 g/mol. The normalized spacial score (nSPS) is 10.4. The highest BCUT2D eigenvalue weighted by Crippen LogP contribution is 2.19. The fourth-order valence-electron chi connectivity index (χ4n) is 1.61. The Morgan fingerprint density at radius 3 is 2.83 bits per heavy atom. The number of hydrogen-bond acceptors (Lipinski definition) is 6. The van der Waals surface area contributed by atoms with Crippen LogP contribution in [0.4, 0.5) is 5.82 Å². The molecule has 18 heavy (non-hydrogen) atoms. The van der Waals surface area contributed by atoms with E-state index in [1.807, 2.05) is 14.0 Å². The predicted molar refractivity (Wildman–Crippen MR) is 66.5 cm³/mol. The second kappa shape index (κ2) is 5.44. The molecule has 0 spiro atoms. The quantitative estimate of drug-likeness (QED) is 0.833. The van der Waals surface area contributed by atoms with Crippen molar-refractivity contribution in [2.75, 3.05) is 19.0 Å². The summed E-state index contributed by atoms with van der Waals surface area (Å²) in [5.74, 6) is 2.17. The van der Waals surface area contributed by atoms with Crippen LogP contribution in [0.15, 0.2) is 12.7 Å². The summed E-state index contributed by atoms with van der Waals surface area (Å²) >= 11 is 0. The van der Waals surface area contributed by atoms with Crippen LogP contribution in [-0.4, -0.2) is 38.4 Å². The highest BCUT2D eigenvalue weighted by atomic mass is 16.5. The van der Waals surface area contributed by atoms with E-state index in [0.717, 1.165) is 23.6 Å². The molecule has 7 nitrogen and oxygen atoms in total. The number of aryl methyl sites for hydroxylation is 1. The predicted octanol–water partition coefficient (Wildman–Crippen LogP) is 0.577. The highest BCUT2D eigenvalue weighted by molar-refractivity contribution is 5.47. The van der Waals surface area contributed by atoms with Gasteiger partial charge in [0.1, 0.15) is 18.5 Å². The average Bonchev–Trinajstić information content (AvgIpc) is 2.77. The molecule has 0 bridgehead atoms. The third kappa shape index (κ3) is 2.73. The summed E-state index contributed by atoms with van der Waals surface area (Å²) in [6.45, 7) is 2.63. The molecule has 0 atom stereocenters. The van der Waals surface area contributed by atoms with Gasteiger partial charge < -0.3 is 10.1 Å². The molecule has 1 N–H and O–H groups in total. The molecule has 0 aromatic carbocycles. The van der Waals surface area contributed by atoms with Gasteiger partial charge in [0.25, 0.3) is 0 Å². The molecule has 0 saturated carbocycles. The first kappa shape index (κ1) is 12.3. The molecule has 2 aromatic rings. The van der Waals surface area contributed by atoms with E-state index in [2.05, 4.69) is 25.4 Å². The molecule has 96 valence electrons. The number of hydrogen-bond donors (Lipinski definition) is 1. The molecule has 0 amide bonds. The Bertz CT molecular complexity index is 524. The molecule has 0 aliphatic rings. The second-order valence-electron chi connectivity index (χ2n) is 3.87. The number of nitrogens with one attached hydrogen (secondary N) is 1. The van der Waals surface area contributed by atoms with Gasteiger partial charge in [-0.25, -0.2) is 15.0 Å². The standard InChI is InChI=1S/C11H16N6O/c1-8-10(13-6-14-11(8)18-3)12-5-4-9-15-7-17(2)16-9/h6-7H,4-5H2,1-3H3,(H,12,13,14). The third-order valence-corrected chi connectivity index (χ3v) is 2.52. The maximum absolute atomic E-state index is 5.13. The van der Waals surface area contributed by atoms with Gasteiger partial charge in [-0.15, -0.1) is 0 Å². The van der Waals surface area contributed by atoms with E-state index in [0.29, 0.717) is 12.4 Å². The van der Waals surface area contributed by atoms with E-state index < -0.39 is 0 Å². The van der Waals surface area contributed by atoms with Crippen LogP contribution in [0, 0.1) is 6.92 Å². The highest BCUT2D eigenvalue weighted by Gasteiger charge is 2.06. The van der Waals surface area contributed by atoms with Gasteiger partial charge in [0.05, 0.1) is 12.7 Å². The lowest BCUT2D eigenvalue weighted by Gasteiger charge is -2.09. The number of rotatable bonds is 5. The second-order valence-corrected chi connectivity index (χ2v) is 3.87. The summed E-state index contributed by atoms with van der Waals surface area (Å²) in [5, 5.41) is 7.43. The minimum absolute atomic E-state index is 0.587. The SMILES string of the molecule is COc1ncnc(NCCc2ncn(C)n2)c1C. The van der Waals surface area contributed by atoms with E-state index in [-0.39, 0.29) is 0 Å². The van der Waals surface area contributed by atoms with Gasteiger partial charge in [-0.2, -0.15) is 5.10 Å². The minimum atomic E-state index is 0.587. The van der Waals surface area contributed by atoms with Crippen molar-refractivity contribution >= 4 is 5.82 Å². The zero-order valence-corrected chi connectivity index (χ0v) is 10.7. The van der Waals surface area contributed by atoms with Crippen LogP contribution in [-0.2, 0) is 13.5 Å². The van der Waals surface area contributed by atoms with Crippen LogP contribution in [0.2, 0.25) is 0 Å². The Labute approximate surface area is 105 Å². The summed E-state index contributed by atoms with van der Waals surface area (Å²) in [6.07, 6.45) is 3.91. The topological polar surface area (TPSA) is 77.8 Å². The van der Waals surface area contributed by atoms with Gasteiger partial charge in [-0.1, -0.05) is 0 Å². The van der Waals surface area contributed by atoms with Crippen molar-refractivity contribution in [3.8, 4) is 5.88 Å². The Morgan fingerprint density at radius 2 is 2.17 bits per heavy atom. The Hall–Kier alpha value is -2.18. The summed E-state index contributed by atoms with van der Waals surface area (Å²) in [7, 11) is 3.44. The van der Waals surface area contributed by atoms with Crippen LogP contribution in [0.25, 0.3) is 0 Å². The first-order valence-corrected chi connectivity index (χ1v) is 5.64. The lowest BCUT2D eigenvalue weighted by atomic mass is 10.3. The summed E-state index contributed by atoms with van der Waals surface area (Å²) in [6, 6.07) is 0. The Morgan fingerprint density at radius 1 is 1.33 bits per heavy atom.